The molecule has 0 aliphatic heterocycles. The average Bonchev–Trinajstić information content (AvgIpc) is 1.61. The molecule has 2 aliphatic carbocycles. The number of unbranched alkanes of at least 4 members (excludes halogenated alkanes) is 6. The number of para-hydroxylation sites is 4. The standard InChI is InChI=1S/C88H72N6/c1-2-3-4-5-6-7-14-43-88(91-84-41-25-23-39-78(84)82-58-64(48-54-86(82)91)60-89-93(66-27-10-8-11-28-66)68-50-44-62(45-51-68)56-80-74-35-19-15-31-70(74)71-32-16-20-36-75(71)80)92-85-42-26-24-40-79(85)83-59-65(49-55-87(83)92)61-90-94(67-29-12-9-13-30-67)69-52-46-63(47-53-69)57-81-76-37-21-17-33-72(76)73-34-18-22-38-77(73)81/h8-13,15-42,44-61,88H,2-7,14,43H2,1H3/b89-60+,90-61+. The molecule has 2 aliphatic rings. The average molecular weight is 1210 g/mol. The highest BCUT2D eigenvalue weighted by Gasteiger charge is 2.27. The minimum Gasteiger partial charge on any atom is -0.319 e. The lowest BCUT2D eigenvalue weighted by atomic mass is 10.0. The molecule has 0 amide bonds. The summed E-state index contributed by atoms with van der Waals surface area (Å²) in [4.78, 5) is 0. The van der Waals surface area contributed by atoms with Crippen LogP contribution in [0.25, 0.3) is 89.2 Å². The van der Waals surface area contributed by atoms with E-state index in [4.69, 9.17) is 10.2 Å². The fourth-order valence-corrected chi connectivity index (χ4v) is 14.6. The highest BCUT2D eigenvalue weighted by Crippen LogP contribution is 2.47. The van der Waals surface area contributed by atoms with E-state index in [1.165, 1.54) is 138 Å². The molecule has 6 heteroatoms. The fraction of sp³-hybridized carbons (Fsp3) is 0.114. The number of nitrogens with zero attached hydrogens (tertiary/aromatic N) is 6. The molecule has 2 heterocycles. The van der Waals surface area contributed by atoms with Crippen molar-refractivity contribution < 1.29 is 0 Å². The van der Waals surface area contributed by atoms with Crippen LogP contribution in [0.15, 0.2) is 301 Å². The summed E-state index contributed by atoms with van der Waals surface area (Å²) in [5.41, 5.74) is 25.9. The van der Waals surface area contributed by atoms with Gasteiger partial charge in [0.05, 0.1) is 57.2 Å². The lowest BCUT2D eigenvalue weighted by molar-refractivity contribution is 0.418. The van der Waals surface area contributed by atoms with E-state index >= 15 is 0 Å². The van der Waals surface area contributed by atoms with E-state index in [1.807, 2.05) is 12.4 Å². The Bertz CT molecular complexity index is 4800. The van der Waals surface area contributed by atoms with Gasteiger partial charge in [-0.2, -0.15) is 10.2 Å². The molecule has 2 aromatic heterocycles. The lowest BCUT2D eigenvalue weighted by Crippen LogP contribution is -2.18. The van der Waals surface area contributed by atoms with Crippen molar-refractivity contribution in [1.29, 1.82) is 0 Å². The van der Waals surface area contributed by atoms with Crippen LogP contribution in [0.2, 0.25) is 0 Å². The number of aromatic nitrogens is 2. The minimum atomic E-state index is -0.0184. The van der Waals surface area contributed by atoms with Crippen LogP contribution in [0.3, 0.4) is 0 Å². The molecular formula is C88H72N6. The second-order valence-corrected chi connectivity index (χ2v) is 25.0. The van der Waals surface area contributed by atoms with Crippen LogP contribution in [0.5, 0.6) is 0 Å². The summed E-state index contributed by atoms with van der Waals surface area (Å²) in [6, 6.07) is 105. The summed E-state index contributed by atoms with van der Waals surface area (Å²) in [6.45, 7) is 2.30. The summed E-state index contributed by atoms with van der Waals surface area (Å²) in [5.74, 6) is 0. The third-order valence-corrected chi connectivity index (χ3v) is 19.1. The lowest BCUT2D eigenvalue weighted by Gasteiger charge is -2.26. The Kier molecular flexibility index (Phi) is 15.8. The maximum atomic E-state index is 5.30. The highest BCUT2D eigenvalue weighted by atomic mass is 15.5. The third-order valence-electron chi connectivity index (χ3n) is 19.1. The number of hydrazone groups is 2. The number of hydrogen-bond donors (Lipinski definition) is 0. The van der Waals surface area contributed by atoms with Crippen LogP contribution in [0, 0.1) is 0 Å². The Balaban J connectivity index is 0.737. The fourth-order valence-electron chi connectivity index (χ4n) is 14.6. The summed E-state index contributed by atoms with van der Waals surface area (Å²) in [5, 5.41) is 19.6. The molecule has 0 N–H and O–H groups in total. The molecule has 12 aromatic carbocycles. The molecule has 0 spiro atoms. The van der Waals surface area contributed by atoms with E-state index in [0.717, 1.165) is 57.8 Å². The van der Waals surface area contributed by atoms with Gasteiger partial charge in [-0.25, -0.2) is 10.0 Å². The third kappa shape index (κ3) is 11.0. The molecule has 454 valence electrons. The normalized spacial score (nSPS) is 12.4. The number of fused-ring (bicyclic) bond motifs is 12. The topological polar surface area (TPSA) is 41.1 Å². The number of hydrogen-bond acceptors (Lipinski definition) is 4. The van der Waals surface area contributed by atoms with E-state index in [0.29, 0.717) is 0 Å². The monoisotopic (exact) mass is 1210 g/mol. The summed E-state index contributed by atoms with van der Waals surface area (Å²) >= 11 is 0. The van der Waals surface area contributed by atoms with Gasteiger partial charge in [0, 0.05) is 21.5 Å². The zero-order valence-corrected chi connectivity index (χ0v) is 52.9. The molecular weight excluding hydrogens is 1140 g/mol. The zero-order chi connectivity index (χ0) is 62.7. The van der Waals surface area contributed by atoms with Crippen LogP contribution >= 0.6 is 0 Å². The van der Waals surface area contributed by atoms with E-state index in [1.54, 1.807) is 0 Å². The van der Waals surface area contributed by atoms with Crippen LogP contribution < -0.4 is 10.0 Å². The largest absolute Gasteiger partial charge is 0.319 e. The first-order valence-corrected chi connectivity index (χ1v) is 33.5. The van der Waals surface area contributed by atoms with Gasteiger partial charge in [-0.15, -0.1) is 0 Å². The molecule has 16 rings (SSSR count). The Morgan fingerprint density at radius 2 is 0.617 bits per heavy atom. The highest BCUT2D eigenvalue weighted by molar-refractivity contribution is 6.12. The van der Waals surface area contributed by atoms with Gasteiger partial charge in [0.1, 0.15) is 6.17 Å². The van der Waals surface area contributed by atoms with Gasteiger partial charge in [0.25, 0.3) is 0 Å². The first kappa shape index (κ1) is 57.8. The first-order chi connectivity index (χ1) is 46.6. The molecule has 14 aromatic rings. The van der Waals surface area contributed by atoms with Crippen molar-refractivity contribution in [1.82, 2.24) is 9.13 Å². The molecule has 6 nitrogen and oxygen atoms in total. The van der Waals surface area contributed by atoms with Crippen molar-refractivity contribution in [3.05, 3.63) is 336 Å². The van der Waals surface area contributed by atoms with Gasteiger partial charge in [0.15, 0.2) is 0 Å². The van der Waals surface area contributed by atoms with Crippen LogP contribution in [0.4, 0.5) is 22.7 Å². The van der Waals surface area contributed by atoms with Crippen molar-refractivity contribution in [3.8, 4) is 22.3 Å². The second-order valence-electron chi connectivity index (χ2n) is 25.0. The predicted molar refractivity (Wildman–Crippen MR) is 399 cm³/mol. The van der Waals surface area contributed by atoms with Crippen molar-refractivity contribution in [2.75, 3.05) is 10.0 Å². The van der Waals surface area contributed by atoms with Gasteiger partial charge >= 0.3 is 0 Å². The summed E-state index contributed by atoms with van der Waals surface area (Å²) < 4.78 is 5.29. The number of benzene rings is 12. The molecule has 0 atom stereocenters. The Morgan fingerprint density at radius 1 is 0.298 bits per heavy atom. The van der Waals surface area contributed by atoms with Crippen molar-refractivity contribution in [3.63, 3.8) is 0 Å². The van der Waals surface area contributed by atoms with Gasteiger partial charge in [-0.1, -0.05) is 252 Å². The van der Waals surface area contributed by atoms with Gasteiger partial charge in [-0.05, 0) is 188 Å². The zero-order valence-electron chi connectivity index (χ0n) is 52.9. The summed E-state index contributed by atoms with van der Waals surface area (Å²) in [6.07, 6.45) is 18.3. The minimum absolute atomic E-state index is 0.0184. The van der Waals surface area contributed by atoms with E-state index in [2.05, 4.69) is 329 Å². The van der Waals surface area contributed by atoms with Crippen LogP contribution in [-0.2, 0) is 0 Å². The second kappa shape index (κ2) is 25.7. The Hall–Kier alpha value is -11.3. The molecule has 0 radical (unpaired) electrons. The molecule has 0 bridgehead atoms. The van der Waals surface area contributed by atoms with Gasteiger partial charge < -0.3 is 9.13 Å². The van der Waals surface area contributed by atoms with Crippen molar-refractivity contribution in [2.45, 2.75) is 64.5 Å². The van der Waals surface area contributed by atoms with Crippen molar-refractivity contribution in [2.24, 2.45) is 10.2 Å². The number of rotatable bonds is 20. The maximum Gasteiger partial charge on any atom is 0.111 e. The number of anilines is 4. The summed E-state index contributed by atoms with van der Waals surface area (Å²) in [7, 11) is 0. The van der Waals surface area contributed by atoms with Crippen LogP contribution in [-0.4, -0.2) is 21.6 Å². The predicted octanol–water partition coefficient (Wildman–Crippen LogP) is 23.6. The molecule has 0 saturated carbocycles. The molecule has 0 fully saturated rings. The Labute approximate surface area is 550 Å². The Morgan fingerprint density at radius 3 is 1.02 bits per heavy atom. The quantitative estimate of drug-likeness (QED) is 0.0433. The van der Waals surface area contributed by atoms with Gasteiger partial charge in [-0.3, -0.25) is 0 Å². The van der Waals surface area contributed by atoms with E-state index < -0.39 is 0 Å². The molecule has 94 heavy (non-hydrogen) atoms. The van der Waals surface area contributed by atoms with Gasteiger partial charge in [0.2, 0.25) is 0 Å². The van der Waals surface area contributed by atoms with Crippen LogP contribution in [0.1, 0.15) is 109 Å². The maximum absolute atomic E-state index is 5.30. The van der Waals surface area contributed by atoms with E-state index in [9.17, 15) is 0 Å². The van der Waals surface area contributed by atoms with Crippen molar-refractivity contribution >= 4 is 102 Å². The smallest absolute Gasteiger partial charge is 0.111 e. The first-order valence-electron chi connectivity index (χ1n) is 33.5. The van der Waals surface area contributed by atoms with E-state index in [-0.39, 0.29) is 6.17 Å². The SMILES string of the molecule is CCCCCCCCCC(n1c2ccccc2c2cc(/C=N/N(c3ccccc3)c3ccc(C=C4c5ccccc5-c5ccccc54)cc3)ccc21)n1c2ccccc2c2cc(/C=N/N(c3ccccc3)c3ccc(C=C4c5ccccc5-c5ccccc54)cc3)ccc21. The molecule has 0 unspecified atom stereocenters. The molecule has 0 saturated heterocycles.